The molecule has 0 radical (unpaired) electrons. The van der Waals surface area contributed by atoms with Crippen molar-refractivity contribution >= 4 is 22.6 Å². The maximum Gasteiger partial charge on any atom is 0.118 e. The molecule has 3 heteroatoms. The van der Waals surface area contributed by atoms with Crippen LogP contribution in [-0.2, 0) is 6.42 Å². The first kappa shape index (κ1) is 13.4. The molecule has 0 fully saturated rings. The van der Waals surface area contributed by atoms with E-state index < -0.39 is 6.10 Å². The summed E-state index contributed by atoms with van der Waals surface area (Å²) >= 11 is 2.26. The summed E-state index contributed by atoms with van der Waals surface area (Å²) in [5.41, 5.74) is 2.05. The molecule has 18 heavy (non-hydrogen) atoms. The molecule has 0 aromatic heterocycles. The second kappa shape index (κ2) is 6.20. The lowest BCUT2D eigenvalue weighted by Gasteiger charge is -2.11. The minimum Gasteiger partial charge on any atom is -0.497 e. The molecule has 2 aromatic carbocycles. The van der Waals surface area contributed by atoms with Crippen molar-refractivity contribution in [3.63, 3.8) is 0 Å². The fourth-order valence-electron chi connectivity index (χ4n) is 1.79. The SMILES string of the molecule is COc1ccc(CC(O)c2ccc(I)cc2)cc1. The van der Waals surface area contributed by atoms with Gasteiger partial charge in [0.2, 0.25) is 0 Å². The van der Waals surface area contributed by atoms with E-state index in [1.165, 1.54) is 3.57 Å². The van der Waals surface area contributed by atoms with Crippen molar-refractivity contribution in [2.75, 3.05) is 7.11 Å². The zero-order valence-electron chi connectivity index (χ0n) is 10.1. The predicted octanol–water partition coefficient (Wildman–Crippen LogP) is 3.58. The minimum absolute atomic E-state index is 0.463. The zero-order chi connectivity index (χ0) is 13.0. The van der Waals surface area contributed by atoms with Crippen LogP contribution in [0.5, 0.6) is 5.75 Å². The number of ether oxygens (including phenoxy) is 1. The second-order valence-corrected chi connectivity index (χ2v) is 5.37. The molecule has 0 amide bonds. The molecule has 0 aliphatic carbocycles. The number of aliphatic hydroxyl groups is 1. The molecule has 0 saturated carbocycles. The molecule has 1 N–H and O–H groups in total. The van der Waals surface area contributed by atoms with Gasteiger partial charge in [-0.15, -0.1) is 0 Å². The Morgan fingerprint density at radius 1 is 1.06 bits per heavy atom. The summed E-state index contributed by atoms with van der Waals surface area (Å²) in [6.07, 6.45) is 0.153. The monoisotopic (exact) mass is 354 g/mol. The summed E-state index contributed by atoms with van der Waals surface area (Å²) in [5.74, 6) is 0.836. The van der Waals surface area contributed by atoms with Gasteiger partial charge in [-0.05, 0) is 58.0 Å². The second-order valence-electron chi connectivity index (χ2n) is 4.12. The largest absolute Gasteiger partial charge is 0.497 e. The van der Waals surface area contributed by atoms with Crippen LogP contribution in [0.25, 0.3) is 0 Å². The third kappa shape index (κ3) is 3.46. The Morgan fingerprint density at radius 3 is 2.22 bits per heavy atom. The lowest BCUT2D eigenvalue weighted by molar-refractivity contribution is 0.178. The van der Waals surface area contributed by atoms with Gasteiger partial charge in [0.25, 0.3) is 0 Å². The third-order valence-corrected chi connectivity index (χ3v) is 3.56. The van der Waals surface area contributed by atoms with Crippen molar-refractivity contribution in [3.8, 4) is 5.75 Å². The lowest BCUT2D eigenvalue weighted by atomic mass is 10.0. The van der Waals surface area contributed by atoms with Gasteiger partial charge in [-0.2, -0.15) is 0 Å². The van der Waals surface area contributed by atoms with Crippen molar-refractivity contribution in [1.29, 1.82) is 0 Å². The highest BCUT2D eigenvalue weighted by atomic mass is 127. The van der Waals surface area contributed by atoms with E-state index in [9.17, 15) is 5.11 Å². The average molecular weight is 354 g/mol. The highest BCUT2D eigenvalue weighted by Crippen LogP contribution is 2.20. The first-order valence-corrected chi connectivity index (χ1v) is 6.83. The number of hydrogen-bond acceptors (Lipinski definition) is 2. The van der Waals surface area contributed by atoms with Gasteiger partial charge >= 0.3 is 0 Å². The smallest absolute Gasteiger partial charge is 0.118 e. The molecule has 0 heterocycles. The summed E-state index contributed by atoms with van der Waals surface area (Å²) in [6, 6.07) is 15.7. The average Bonchev–Trinajstić information content (AvgIpc) is 2.40. The number of benzene rings is 2. The number of halogens is 1. The van der Waals surface area contributed by atoms with Crippen LogP contribution in [0.15, 0.2) is 48.5 Å². The Hall–Kier alpha value is -1.07. The lowest BCUT2D eigenvalue weighted by Crippen LogP contribution is -2.01. The molecule has 2 nitrogen and oxygen atoms in total. The Labute approximate surface area is 121 Å². The van der Waals surface area contributed by atoms with Crippen molar-refractivity contribution in [2.24, 2.45) is 0 Å². The van der Waals surface area contributed by atoms with Gasteiger partial charge in [0.1, 0.15) is 5.75 Å². The van der Waals surface area contributed by atoms with Crippen LogP contribution in [0.4, 0.5) is 0 Å². The van der Waals surface area contributed by atoms with Gasteiger partial charge in [0.15, 0.2) is 0 Å². The molecule has 94 valence electrons. The topological polar surface area (TPSA) is 29.5 Å². The molecule has 1 atom stereocenters. The Morgan fingerprint density at radius 2 is 1.67 bits per heavy atom. The highest BCUT2D eigenvalue weighted by molar-refractivity contribution is 14.1. The molecular weight excluding hydrogens is 339 g/mol. The van der Waals surface area contributed by atoms with E-state index in [0.29, 0.717) is 6.42 Å². The summed E-state index contributed by atoms with van der Waals surface area (Å²) in [7, 11) is 1.65. The van der Waals surface area contributed by atoms with Gasteiger partial charge in [-0.25, -0.2) is 0 Å². The molecule has 0 aliphatic heterocycles. The molecule has 0 aliphatic rings. The van der Waals surface area contributed by atoms with Crippen LogP contribution in [0.1, 0.15) is 17.2 Å². The summed E-state index contributed by atoms with van der Waals surface area (Å²) < 4.78 is 6.28. The van der Waals surface area contributed by atoms with E-state index in [4.69, 9.17) is 4.74 Å². The Bertz CT molecular complexity index is 491. The maximum absolute atomic E-state index is 10.2. The summed E-state index contributed by atoms with van der Waals surface area (Å²) in [6.45, 7) is 0. The molecule has 0 spiro atoms. The number of aliphatic hydroxyl groups excluding tert-OH is 1. The van der Waals surface area contributed by atoms with Crippen LogP contribution in [0.2, 0.25) is 0 Å². The summed E-state index contributed by atoms with van der Waals surface area (Å²) in [4.78, 5) is 0. The maximum atomic E-state index is 10.2. The van der Waals surface area contributed by atoms with E-state index in [1.807, 2.05) is 48.5 Å². The van der Waals surface area contributed by atoms with Gasteiger partial charge in [0, 0.05) is 9.99 Å². The van der Waals surface area contributed by atoms with Crippen molar-refractivity contribution < 1.29 is 9.84 Å². The fraction of sp³-hybridized carbons (Fsp3) is 0.200. The minimum atomic E-state index is -0.463. The number of methoxy groups -OCH3 is 1. The third-order valence-electron chi connectivity index (χ3n) is 2.84. The molecular formula is C15H15IO2. The number of hydrogen-bond donors (Lipinski definition) is 1. The van der Waals surface area contributed by atoms with Crippen LogP contribution < -0.4 is 4.74 Å². The quantitative estimate of drug-likeness (QED) is 0.851. The first-order chi connectivity index (χ1) is 8.69. The Kier molecular flexibility index (Phi) is 4.60. The molecule has 2 aromatic rings. The molecule has 0 saturated heterocycles. The predicted molar refractivity (Wildman–Crippen MR) is 80.8 cm³/mol. The fourth-order valence-corrected chi connectivity index (χ4v) is 2.15. The van der Waals surface area contributed by atoms with Crippen molar-refractivity contribution in [1.82, 2.24) is 0 Å². The molecule has 0 bridgehead atoms. The van der Waals surface area contributed by atoms with E-state index >= 15 is 0 Å². The van der Waals surface area contributed by atoms with Crippen LogP contribution in [0, 0.1) is 3.57 Å². The van der Waals surface area contributed by atoms with Gasteiger partial charge in [-0.1, -0.05) is 24.3 Å². The summed E-state index contributed by atoms with van der Waals surface area (Å²) in [5, 5.41) is 10.2. The van der Waals surface area contributed by atoms with Crippen LogP contribution >= 0.6 is 22.6 Å². The Balaban J connectivity index is 2.05. The van der Waals surface area contributed by atoms with Crippen molar-refractivity contribution in [2.45, 2.75) is 12.5 Å². The van der Waals surface area contributed by atoms with Gasteiger partial charge in [-0.3, -0.25) is 0 Å². The van der Waals surface area contributed by atoms with E-state index in [1.54, 1.807) is 7.11 Å². The standard InChI is InChI=1S/C15H15IO2/c1-18-14-8-2-11(3-9-14)10-15(17)12-4-6-13(16)7-5-12/h2-9,15,17H,10H2,1H3. The van der Waals surface area contributed by atoms with Crippen LogP contribution in [0.3, 0.4) is 0 Å². The normalized spacial score (nSPS) is 12.2. The number of rotatable bonds is 4. The van der Waals surface area contributed by atoms with Gasteiger partial charge < -0.3 is 9.84 Å². The zero-order valence-corrected chi connectivity index (χ0v) is 12.3. The van der Waals surface area contributed by atoms with Crippen LogP contribution in [-0.4, -0.2) is 12.2 Å². The molecule has 2 rings (SSSR count). The highest BCUT2D eigenvalue weighted by Gasteiger charge is 2.08. The first-order valence-electron chi connectivity index (χ1n) is 5.75. The van der Waals surface area contributed by atoms with Crippen molar-refractivity contribution in [3.05, 3.63) is 63.2 Å². The van der Waals surface area contributed by atoms with E-state index in [2.05, 4.69) is 22.6 Å². The van der Waals surface area contributed by atoms with E-state index in [0.717, 1.165) is 16.9 Å². The van der Waals surface area contributed by atoms with Gasteiger partial charge in [0.05, 0.1) is 13.2 Å². The molecule has 1 unspecified atom stereocenters. The van der Waals surface area contributed by atoms with E-state index in [-0.39, 0.29) is 0 Å².